The van der Waals surface area contributed by atoms with E-state index in [1.54, 1.807) is 55.8 Å². The highest BCUT2D eigenvalue weighted by Gasteiger charge is 2.17. The quantitative estimate of drug-likeness (QED) is 0.381. The predicted molar refractivity (Wildman–Crippen MR) is 130 cm³/mol. The number of hydrogen-bond donors (Lipinski definition) is 2. The number of benzene rings is 3. The van der Waals surface area contributed by atoms with Gasteiger partial charge in [-0.05, 0) is 61.0 Å². The monoisotopic (exact) mass is 479 g/mol. The molecular formula is C24H21N3O4S2. The number of carbonyl (C=O) groups is 1. The number of nitrogens with zero attached hydrogens (tertiary/aromatic N) is 1. The van der Waals surface area contributed by atoms with Gasteiger partial charge < -0.3 is 10.1 Å². The molecule has 0 aliphatic carbocycles. The maximum absolute atomic E-state index is 12.7. The first-order valence-corrected chi connectivity index (χ1v) is 12.3. The molecule has 168 valence electrons. The number of anilines is 2. The van der Waals surface area contributed by atoms with Gasteiger partial charge in [-0.3, -0.25) is 9.52 Å². The number of carbonyl (C=O) groups excluding carboxylic acids is 1. The Bertz CT molecular complexity index is 1380. The molecule has 0 saturated carbocycles. The van der Waals surface area contributed by atoms with Crippen molar-refractivity contribution in [3.05, 3.63) is 89.4 Å². The van der Waals surface area contributed by atoms with Gasteiger partial charge in [0.15, 0.2) is 0 Å². The minimum absolute atomic E-state index is 0.160. The number of aromatic nitrogens is 1. The molecular weight excluding hydrogens is 458 g/mol. The van der Waals surface area contributed by atoms with E-state index in [2.05, 4.69) is 15.0 Å². The van der Waals surface area contributed by atoms with Crippen molar-refractivity contribution >= 4 is 38.6 Å². The average Bonchev–Trinajstić information content (AvgIpc) is 3.32. The number of hydrogen-bond acceptors (Lipinski definition) is 6. The number of aryl methyl sites for hydroxylation is 1. The molecule has 0 aliphatic rings. The summed E-state index contributed by atoms with van der Waals surface area (Å²) in [5.74, 6) is 0.359. The molecule has 1 amide bonds. The maximum atomic E-state index is 12.7. The average molecular weight is 480 g/mol. The van der Waals surface area contributed by atoms with Gasteiger partial charge in [-0.25, -0.2) is 13.4 Å². The molecule has 0 unspecified atom stereocenters. The Morgan fingerprint density at radius 2 is 1.73 bits per heavy atom. The first kappa shape index (κ1) is 22.5. The van der Waals surface area contributed by atoms with E-state index in [9.17, 15) is 13.2 Å². The summed E-state index contributed by atoms with van der Waals surface area (Å²) in [6, 6.07) is 20.6. The van der Waals surface area contributed by atoms with Crippen LogP contribution in [0.1, 0.15) is 16.1 Å². The number of methoxy groups -OCH3 is 1. The lowest BCUT2D eigenvalue weighted by molar-refractivity contribution is 0.102. The van der Waals surface area contributed by atoms with Crippen molar-refractivity contribution in [3.63, 3.8) is 0 Å². The Kier molecular flexibility index (Phi) is 6.43. The Balaban J connectivity index is 1.50. The number of nitrogens with one attached hydrogen (secondary N) is 2. The van der Waals surface area contributed by atoms with Crippen LogP contribution in [-0.4, -0.2) is 26.4 Å². The number of sulfonamides is 1. The van der Waals surface area contributed by atoms with Crippen molar-refractivity contribution in [2.45, 2.75) is 11.8 Å². The molecule has 1 heterocycles. The number of rotatable bonds is 7. The van der Waals surface area contributed by atoms with E-state index in [4.69, 9.17) is 4.74 Å². The van der Waals surface area contributed by atoms with E-state index >= 15 is 0 Å². The van der Waals surface area contributed by atoms with Gasteiger partial charge in [0, 0.05) is 16.6 Å². The van der Waals surface area contributed by atoms with E-state index in [-0.39, 0.29) is 16.5 Å². The Morgan fingerprint density at radius 1 is 1.00 bits per heavy atom. The molecule has 0 bridgehead atoms. The molecule has 1 aromatic heterocycles. The second kappa shape index (κ2) is 9.43. The lowest BCUT2D eigenvalue weighted by Crippen LogP contribution is -2.15. The summed E-state index contributed by atoms with van der Waals surface area (Å²) in [4.78, 5) is 17.3. The van der Waals surface area contributed by atoms with Crippen LogP contribution in [0.5, 0.6) is 5.75 Å². The van der Waals surface area contributed by atoms with Gasteiger partial charge in [-0.15, -0.1) is 11.3 Å². The van der Waals surface area contributed by atoms with Gasteiger partial charge in [0.1, 0.15) is 16.5 Å². The van der Waals surface area contributed by atoms with Gasteiger partial charge in [0.2, 0.25) is 0 Å². The summed E-state index contributed by atoms with van der Waals surface area (Å²) in [6.07, 6.45) is 0. The standard InChI is InChI=1S/C24H21N3O4S2/c1-16-8-11-18(14-21(16)27-33(29,30)20-6-4-3-5-7-20)25-23(28)22-15-32-24(26-22)17-9-12-19(31-2)13-10-17/h3-15,27H,1-2H3,(H,25,28). The second-order valence-corrected chi connectivity index (χ2v) is 9.71. The minimum Gasteiger partial charge on any atom is -0.497 e. The summed E-state index contributed by atoms with van der Waals surface area (Å²) < 4.78 is 33.1. The number of amides is 1. The zero-order chi connectivity index (χ0) is 23.4. The van der Waals surface area contributed by atoms with Crippen molar-refractivity contribution in [2.24, 2.45) is 0 Å². The zero-order valence-electron chi connectivity index (χ0n) is 17.9. The molecule has 33 heavy (non-hydrogen) atoms. The SMILES string of the molecule is COc1ccc(-c2nc(C(=O)Nc3ccc(C)c(NS(=O)(=O)c4ccccc4)c3)cs2)cc1. The van der Waals surface area contributed by atoms with Gasteiger partial charge in [-0.2, -0.15) is 0 Å². The molecule has 4 aromatic rings. The van der Waals surface area contributed by atoms with Gasteiger partial charge in [0.05, 0.1) is 17.7 Å². The van der Waals surface area contributed by atoms with E-state index in [1.807, 2.05) is 24.3 Å². The van der Waals surface area contributed by atoms with E-state index in [0.29, 0.717) is 16.4 Å². The first-order valence-electron chi connectivity index (χ1n) is 9.95. The zero-order valence-corrected chi connectivity index (χ0v) is 19.5. The van der Waals surface area contributed by atoms with E-state index in [1.165, 1.54) is 23.5 Å². The third-order valence-electron chi connectivity index (χ3n) is 4.87. The molecule has 0 fully saturated rings. The molecule has 9 heteroatoms. The predicted octanol–water partition coefficient (Wildman–Crippen LogP) is 5.18. The second-order valence-electron chi connectivity index (χ2n) is 7.17. The fraction of sp³-hybridized carbons (Fsp3) is 0.0833. The molecule has 7 nitrogen and oxygen atoms in total. The van der Waals surface area contributed by atoms with Crippen molar-refractivity contribution in [1.29, 1.82) is 0 Å². The van der Waals surface area contributed by atoms with Crippen LogP contribution in [0.25, 0.3) is 10.6 Å². The molecule has 2 N–H and O–H groups in total. The number of ether oxygens (including phenoxy) is 1. The topological polar surface area (TPSA) is 97.4 Å². The highest BCUT2D eigenvalue weighted by atomic mass is 32.2. The lowest BCUT2D eigenvalue weighted by atomic mass is 10.2. The van der Waals surface area contributed by atoms with Crippen molar-refractivity contribution in [1.82, 2.24) is 4.98 Å². The molecule has 0 spiro atoms. The van der Waals surface area contributed by atoms with Crippen LogP contribution in [0.15, 0.2) is 83.1 Å². The maximum Gasteiger partial charge on any atom is 0.275 e. The van der Waals surface area contributed by atoms with Gasteiger partial charge >= 0.3 is 0 Å². The van der Waals surface area contributed by atoms with Crippen molar-refractivity contribution in [3.8, 4) is 16.3 Å². The summed E-state index contributed by atoms with van der Waals surface area (Å²) in [5.41, 5.74) is 2.72. The van der Waals surface area contributed by atoms with Gasteiger partial charge in [0.25, 0.3) is 15.9 Å². The Morgan fingerprint density at radius 3 is 2.42 bits per heavy atom. The third kappa shape index (κ3) is 5.21. The normalized spacial score (nSPS) is 11.1. The Labute approximate surface area is 196 Å². The third-order valence-corrected chi connectivity index (χ3v) is 7.14. The number of thiazole rings is 1. The van der Waals surface area contributed by atoms with E-state index in [0.717, 1.165) is 16.9 Å². The van der Waals surface area contributed by atoms with Crippen LogP contribution in [0.4, 0.5) is 11.4 Å². The molecule has 4 rings (SSSR count). The Hall–Kier alpha value is -3.69. The largest absolute Gasteiger partial charge is 0.497 e. The fourth-order valence-electron chi connectivity index (χ4n) is 3.05. The van der Waals surface area contributed by atoms with Crippen LogP contribution in [0, 0.1) is 6.92 Å². The van der Waals surface area contributed by atoms with E-state index < -0.39 is 10.0 Å². The van der Waals surface area contributed by atoms with Crippen LogP contribution < -0.4 is 14.8 Å². The lowest BCUT2D eigenvalue weighted by Gasteiger charge is -2.12. The first-order chi connectivity index (χ1) is 15.9. The van der Waals surface area contributed by atoms with Crippen molar-refractivity contribution < 1.29 is 17.9 Å². The molecule has 3 aromatic carbocycles. The summed E-state index contributed by atoms with van der Waals surface area (Å²) >= 11 is 1.36. The molecule has 0 saturated heterocycles. The van der Waals surface area contributed by atoms with Crippen LogP contribution >= 0.6 is 11.3 Å². The van der Waals surface area contributed by atoms with Gasteiger partial charge in [-0.1, -0.05) is 24.3 Å². The van der Waals surface area contributed by atoms with Crippen LogP contribution in [0.2, 0.25) is 0 Å². The molecule has 0 atom stereocenters. The molecule has 0 radical (unpaired) electrons. The summed E-state index contributed by atoms with van der Waals surface area (Å²) in [6.45, 7) is 1.79. The summed E-state index contributed by atoms with van der Waals surface area (Å²) in [5, 5.41) is 5.18. The van der Waals surface area contributed by atoms with Crippen LogP contribution in [-0.2, 0) is 10.0 Å². The van der Waals surface area contributed by atoms with Crippen molar-refractivity contribution in [2.75, 3.05) is 17.1 Å². The summed E-state index contributed by atoms with van der Waals surface area (Å²) in [7, 11) is -2.15. The van der Waals surface area contributed by atoms with Crippen LogP contribution in [0.3, 0.4) is 0 Å². The highest BCUT2D eigenvalue weighted by Crippen LogP contribution is 2.27. The molecule has 0 aliphatic heterocycles. The highest BCUT2D eigenvalue weighted by molar-refractivity contribution is 7.92. The minimum atomic E-state index is -3.75. The fourth-order valence-corrected chi connectivity index (χ4v) is 5.00. The smallest absolute Gasteiger partial charge is 0.275 e.